The second-order valence-electron chi connectivity index (χ2n) is 19.1. The monoisotopic (exact) mass is 892 g/mol. The van der Waals surface area contributed by atoms with Gasteiger partial charge in [-0.3, -0.25) is 24.7 Å². The zero-order valence-electron chi connectivity index (χ0n) is 38.1. The fourth-order valence-electron chi connectivity index (χ4n) is 9.81. The van der Waals surface area contributed by atoms with E-state index >= 15 is 0 Å². The average molecular weight is 893 g/mol. The third-order valence-electron chi connectivity index (χ3n) is 13.5. The van der Waals surface area contributed by atoms with Gasteiger partial charge in [0.05, 0.1) is 18.3 Å². The molecule has 4 aliphatic heterocycles. The van der Waals surface area contributed by atoms with Crippen LogP contribution < -0.4 is 30.1 Å². The van der Waals surface area contributed by atoms with Crippen LogP contribution in [0.2, 0.25) is 0 Å². The number of ether oxygens (including phenoxy) is 1. The van der Waals surface area contributed by atoms with Gasteiger partial charge in [-0.05, 0) is 86.2 Å². The number of benzene rings is 2. The molecule has 6 aromatic rings. The van der Waals surface area contributed by atoms with Crippen LogP contribution in [0.25, 0.3) is 33.5 Å². The highest BCUT2D eigenvalue weighted by Gasteiger charge is 2.34. The van der Waals surface area contributed by atoms with Crippen LogP contribution in [0.4, 0.5) is 22.0 Å². The molecule has 0 unspecified atom stereocenters. The summed E-state index contributed by atoms with van der Waals surface area (Å²) in [5.41, 5.74) is 7.87. The van der Waals surface area contributed by atoms with E-state index in [1.54, 1.807) is 11.2 Å². The van der Waals surface area contributed by atoms with Gasteiger partial charge in [0.25, 0.3) is 0 Å². The van der Waals surface area contributed by atoms with Gasteiger partial charge in [-0.2, -0.15) is 4.98 Å². The number of nitrogens with zero attached hydrogens (tertiary/aromatic N) is 9. The number of carbonyl (C=O) groups is 3. The van der Waals surface area contributed by atoms with Gasteiger partial charge in [0.1, 0.15) is 12.0 Å². The molecule has 0 radical (unpaired) electrons. The van der Waals surface area contributed by atoms with Gasteiger partial charge in [0, 0.05) is 110 Å². The molecule has 0 saturated carbocycles. The lowest BCUT2D eigenvalue weighted by molar-refractivity contribution is -0.120. The Kier molecular flexibility index (Phi) is 11.4. The fourth-order valence-corrected chi connectivity index (χ4v) is 9.81. The SMILES string of the molecule is Cc1cc(-c2ncnc3[nH]c(-c4cnc5c(c4)OCC[C@H]4CN(CC6CCN(c7ccc(N8CCC(=O)NC8=O)cc7)CC6)CCN54)cc23)ccc1[C@@H](C)NC(=O)c1nc(C(C)(C)C)no1. The van der Waals surface area contributed by atoms with Crippen LogP contribution in [0.3, 0.4) is 0 Å². The Morgan fingerprint density at radius 3 is 2.48 bits per heavy atom. The number of carbonyl (C=O) groups excluding carboxylic acids is 3. The Hall–Kier alpha value is -6.88. The van der Waals surface area contributed by atoms with Gasteiger partial charge in [-0.15, -0.1) is 0 Å². The molecule has 3 N–H and O–H groups in total. The van der Waals surface area contributed by atoms with E-state index in [9.17, 15) is 14.4 Å². The lowest BCUT2D eigenvalue weighted by Gasteiger charge is -2.43. The number of fused-ring (bicyclic) bond motifs is 4. The van der Waals surface area contributed by atoms with Crippen molar-refractivity contribution < 1.29 is 23.6 Å². The lowest BCUT2D eigenvalue weighted by atomic mass is 9.95. The van der Waals surface area contributed by atoms with Gasteiger partial charge >= 0.3 is 17.8 Å². The minimum absolute atomic E-state index is 0.0540. The van der Waals surface area contributed by atoms with Crippen molar-refractivity contribution in [2.24, 2.45) is 5.92 Å². The highest BCUT2D eigenvalue weighted by Crippen LogP contribution is 2.38. The predicted molar refractivity (Wildman–Crippen MR) is 251 cm³/mol. The number of aromatic nitrogens is 6. The summed E-state index contributed by atoms with van der Waals surface area (Å²) < 4.78 is 11.7. The van der Waals surface area contributed by atoms with Crippen LogP contribution in [0.15, 0.2) is 71.6 Å². The molecule has 0 bridgehead atoms. The van der Waals surface area contributed by atoms with Gasteiger partial charge in [-0.1, -0.05) is 38.1 Å². The number of aromatic amines is 1. The van der Waals surface area contributed by atoms with Crippen molar-refractivity contribution in [3.05, 3.63) is 90.0 Å². The van der Waals surface area contributed by atoms with Crippen molar-refractivity contribution in [1.29, 1.82) is 0 Å². The highest BCUT2D eigenvalue weighted by atomic mass is 16.5. The second kappa shape index (κ2) is 17.5. The number of rotatable bonds is 9. The maximum atomic E-state index is 13.0. The maximum absolute atomic E-state index is 13.0. The number of anilines is 3. The van der Waals surface area contributed by atoms with Gasteiger partial charge < -0.3 is 29.4 Å². The summed E-state index contributed by atoms with van der Waals surface area (Å²) in [6.07, 6.45) is 7.02. The van der Waals surface area contributed by atoms with Gasteiger partial charge in [0.2, 0.25) is 5.91 Å². The van der Waals surface area contributed by atoms with E-state index in [-0.39, 0.29) is 29.3 Å². The molecule has 8 heterocycles. The van der Waals surface area contributed by atoms with Crippen molar-refractivity contribution in [2.75, 3.05) is 67.1 Å². The van der Waals surface area contributed by atoms with Crippen molar-refractivity contribution in [1.82, 2.24) is 45.6 Å². The third kappa shape index (κ3) is 8.66. The number of aryl methyl sites for hydroxylation is 1. The largest absolute Gasteiger partial charge is 0.490 e. The summed E-state index contributed by atoms with van der Waals surface area (Å²) in [4.78, 5) is 68.2. The van der Waals surface area contributed by atoms with E-state index in [4.69, 9.17) is 19.2 Å². The number of hydrogen-bond donors (Lipinski definition) is 3. The first-order valence-electron chi connectivity index (χ1n) is 23.0. The minimum atomic E-state index is -0.416. The Labute approximate surface area is 383 Å². The van der Waals surface area contributed by atoms with E-state index in [1.165, 1.54) is 5.69 Å². The predicted octanol–water partition coefficient (Wildman–Crippen LogP) is 6.80. The average Bonchev–Trinajstić information content (AvgIpc) is 3.95. The molecule has 3 saturated heterocycles. The van der Waals surface area contributed by atoms with E-state index in [1.807, 2.05) is 65.1 Å². The van der Waals surface area contributed by atoms with Crippen LogP contribution in [0, 0.1) is 12.8 Å². The Bertz CT molecular complexity index is 2790. The number of pyridine rings is 1. The number of amides is 4. The molecule has 0 spiro atoms. The molecule has 3 fully saturated rings. The number of nitrogens with one attached hydrogen (secondary N) is 3. The number of H-pyrrole nitrogens is 1. The summed E-state index contributed by atoms with van der Waals surface area (Å²) >= 11 is 0. The number of imide groups is 1. The number of piperazine rings is 1. The van der Waals surface area contributed by atoms with Crippen molar-refractivity contribution in [3.63, 3.8) is 0 Å². The van der Waals surface area contributed by atoms with Crippen LogP contribution in [-0.2, 0) is 10.2 Å². The van der Waals surface area contributed by atoms with Crippen molar-refractivity contribution >= 4 is 46.1 Å². The zero-order chi connectivity index (χ0) is 45.7. The summed E-state index contributed by atoms with van der Waals surface area (Å²) in [5.74, 6) is 2.12. The second-order valence-corrected chi connectivity index (χ2v) is 19.1. The first-order chi connectivity index (χ1) is 31.8. The molecule has 4 amide bonds. The third-order valence-corrected chi connectivity index (χ3v) is 13.5. The Balaban J connectivity index is 0.761. The van der Waals surface area contributed by atoms with E-state index in [0.29, 0.717) is 37.4 Å². The molecular weight excluding hydrogens is 837 g/mol. The number of piperidine rings is 1. The first-order valence-corrected chi connectivity index (χ1v) is 23.0. The van der Waals surface area contributed by atoms with Crippen LogP contribution >= 0.6 is 0 Å². The van der Waals surface area contributed by atoms with E-state index in [0.717, 1.165) is 120 Å². The molecule has 10 rings (SSSR count). The fraction of sp³-hybridized carbons (Fsp3) is 0.429. The van der Waals surface area contributed by atoms with E-state index in [2.05, 4.69) is 75.8 Å². The molecule has 342 valence electrons. The summed E-state index contributed by atoms with van der Waals surface area (Å²) in [6, 6.07) is 18.1. The topological polar surface area (TPSA) is 191 Å². The van der Waals surface area contributed by atoms with E-state index < -0.39 is 5.91 Å². The summed E-state index contributed by atoms with van der Waals surface area (Å²) in [5, 5.41) is 10.3. The Morgan fingerprint density at radius 1 is 0.924 bits per heavy atom. The van der Waals surface area contributed by atoms with Gasteiger partial charge in [-0.25, -0.2) is 19.7 Å². The van der Waals surface area contributed by atoms with Crippen LogP contribution in [-0.4, -0.2) is 111 Å². The molecule has 0 aliphatic carbocycles. The van der Waals surface area contributed by atoms with Crippen molar-refractivity contribution in [3.8, 4) is 28.3 Å². The number of urea groups is 1. The normalized spacial score (nSPS) is 18.9. The smallest absolute Gasteiger partial charge is 0.328 e. The molecule has 17 heteroatoms. The quantitative estimate of drug-likeness (QED) is 0.138. The molecule has 2 atom stereocenters. The lowest BCUT2D eigenvalue weighted by Crippen LogP contribution is -2.54. The van der Waals surface area contributed by atoms with Crippen LogP contribution in [0.5, 0.6) is 5.75 Å². The summed E-state index contributed by atoms with van der Waals surface area (Å²) in [7, 11) is 0. The Morgan fingerprint density at radius 2 is 1.73 bits per heavy atom. The molecule has 4 aliphatic rings. The zero-order valence-corrected chi connectivity index (χ0v) is 38.1. The van der Waals surface area contributed by atoms with Crippen molar-refractivity contribution in [2.45, 2.75) is 77.8 Å². The maximum Gasteiger partial charge on any atom is 0.328 e. The van der Waals surface area contributed by atoms with Crippen LogP contribution in [0.1, 0.15) is 87.1 Å². The first kappa shape index (κ1) is 43.0. The molecule has 17 nitrogen and oxygen atoms in total. The highest BCUT2D eigenvalue weighted by molar-refractivity contribution is 6.05. The van der Waals surface area contributed by atoms with Gasteiger partial charge in [0.15, 0.2) is 17.4 Å². The molecular formula is C49H56N12O5. The molecule has 4 aromatic heterocycles. The standard InChI is InChI=1S/C49H56N12O5/c1-29-22-32(6-11-37(29)30(2)53-45(63)46-56-47(57-66-46)49(3,4)5)42-38-24-39(54-43(38)52-28-51-42)33-23-40-44(50-25-33)60-20-19-58(27-36(60)15-21-65-40)26-31-12-16-59(17-13-31)34-7-9-35(10-8-34)61-18-14-41(62)55-48(61)64/h6-11,22-25,28,30-31,36H,12-21,26-27H2,1-5H3,(H,53,63)(H,51,52,54)(H,55,62,64)/t30-,36+/m1/s1. The molecule has 66 heavy (non-hydrogen) atoms. The minimum Gasteiger partial charge on any atom is -0.490 e. The summed E-state index contributed by atoms with van der Waals surface area (Å²) in [6.45, 7) is 16.8. The number of hydrogen-bond acceptors (Lipinski definition) is 13. The molecule has 2 aromatic carbocycles.